The molecule has 10 heteroatoms. The molecule has 28 heavy (non-hydrogen) atoms. The van der Waals surface area contributed by atoms with Crippen molar-refractivity contribution in [2.45, 2.75) is 12.2 Å². The summed E-state index contributed by atoms with van der Waals surface area (Å²) in [7, 11) is 6.15. The number of anilines is 2. The van der Waals surface area contributed by atoms with E-state index in [2.05, 4.69) is 44.3 Å². The molecule has 0 atom stereocenters. The van der Waals surface area contributed by atoms with Crippen LogP contribution in [0.15, 0.2) is 36.7 Å². The van der Waals surface area contributed by atoms with Crippen LogP contribution >= 0.6 is 0 Å². The highest BCUT2D eigenvalue weighted by Gasteiger charge is 2.38. The lowest BCUT2D eigenvalue weighted by Crippen LogP contribution is -2.56. The van der Waals surface area contributed by atoms with Crippen molar-refractivity contribution in [3.05, 3.63) is 36.7 Å². The number of hydrogen-bond donors (Lipinski definition) is 2. The largest absolute Gasteiger partial charge is 0.490 e. The lowest BCUT2D eigenvalue weighted by Gasteiger charge is -2.36. The highest BCUT2D eigenvalue weighted by Crippen LogP contribution is 2.28. The van der Waals surface area contributed by atoms with E-state index in [0.717, 1.165) is 35.9 Å². The van der Waals surface area contributed by atoms with Gasteiger partial charge in [0.15, 0.2) is 0 Å². The highest BCUT2D eigenvalue weighted by atomic mass is 19.4. The standard InChI is InChI=1S/C16H21N5.C2HF3O2/c1-20(2)15-7-5-4-6-13(15)14-10-19-16(11-18-14)21(3)12-8-17-9-12;3-2(4,5)1(6)7/h4-7,10-12,17H,8-9H2,1-3H3;(H,6,7). The minimum absolute atomic E-state index is 0.527. The second-order valence-electron chi connectivity index (χ2n) is 6.40. The molecule has 1 aromatic heterocycles. The third-order valence-corrected chi connectivity index (χ3v) is 4.21. The Morgan fingerprint density at radius 1 is 1.14 bits per heavy atom. The Morgan fingerprint density at radius 2 is 1.75 bits per heavy atom. The van der Waals surface area contributed by atoms with Gasteiger partial charge in [0.1, 0.15) is 5.82 Å². The number of carbonyl (C=O) groups is 1. The maximum atomic E-state index is 10.6. The number of aliphatic carboxylic acids is 1. The molecule has 2 aromatic rings. The van der Waals surface area contributed by atoms with Crippen molar-refractivity contribution in [3.63, 3.8) is 0 Å². The van der Waals surface area contributed by atoms with Crippen LogP contribution in [-0.4, -0.2) is 67.5 Å². The van der Waals surface area contributed by atoms with Crippen molar-refractivity contribution in [1.29, 1.82) is 0 Å². The molecule has 0 bridgehead atoms. The first-order valence-electron chi connectivity index (χ1n) is 8.43. The minimum atomic E-state index is -5.08. The molecule has 152 valence electrons. The van der Waals surface area contributed by atoms with Gasteiger partial charge in [-0.2, -0.15) is 13.2 Å². The predicted octanol–water partition coefficient (Wildman–Crippen LogP) is 2.25. The molecular weight excluding hydrogens is 375 g/mol. The number of nitrogens with one attached hydrogen (secondary N) is 1. The Hall–Kier alpha value is -2.88. The number of aromatic nitrogens is 2. The lowest BCUT2D eigenvalue weighted by molar-refractivity contribution is -0.192. The van der Waals surface area contributed by atoms with Gasteiger partial charge in [-0.1, -0.05) is 18.2 Å². The van der Waals surface area contributed by atoms with Crippen molar-refractivity contribution in [2.75, 3.05) is 44.0 Å². The van der Waals surface area contributed by atoms with Crippen LogP contribution in [0.4, 0.5) is 24.7 Å². The zero-order valence-electron chi connectivity index (χ0n) is 15.7. The summed E-state index contributed by atoms with van der Waals surface area (Å²) >= 11 is 0. The fourth-order valence-corrected chi connectivity index (χ4v) is 2.46. The van der Waals surface area contributed by atoms with Crippen LogP contribution in [0.2, 0.25) is 0 Å². The van der Waals surface area contributed by atoms with Crippen LogP contribution in [0.1, 0.15) is 0 Å². The zero-order chi connectivity index (χ0) is 20.9. The summed E-state index contributed by atoms with van der Waals surface area (Å²) in [4.78, 5) is 22.4. The Balaban J connectivity index is 0.000000345. The van der Waals surface area contributed by atoms with E-state index in [1.165, 1.54) is 0 Å². The Kier molecular flexibility index (Phi) is 6.79. The summed E-state index contributed by atoms with van der Waals surface area (Å²) in [5.41, 5.74) is 3.16. The van der Waals surface area contributed by atoms with Crippen LogP contribution < -0.4 is 15.1 Å². The van der Waals surface area contributed by atoms with Gasteiger partial charge in [-0.15, -0.1) is 0 Å². The average Bonchev–Trinajstić information content (AvgIpc) is 2.60. The summed E-state index contributed by atoms with van der Waals surface area (Å²) < 4.78 is 31.7. The number of hydrogen-bond acceptors (Lipinski definition) is 6. The Labute approximate surface area is 160 Å². The van der Waals surface area contributed by atoms with Gasteiger partial charge in [-0.05, 0) is 6.07 Å². The second kappa shape index (κ2) is 8.87. The molecule has 1 aliphatic heterocycles. The van der Waals surface area contributed by atoms with Gasteiger partial charge in [0.25, 0.3) is 0 Å². The van der Waals surface area contributed by atoms with Crippen LogP contribution in [0.25, 0.3) is 11.3 Å². The summed E-state index contributed by atoms with van der Waals surface area (Å²) in [6.07, 6.45) is -1.36. The fourth-order valence-electron chi connectivity index (χ4n) is 2.46. The number of carboxylic acids is 1. The molecule has 1 aromatic carbocycles. The molecule has 1 aliphatic rings. The number of alkyl halides is 3. The zero-order valence-corrected chi connectivity index (χ0v) is 15.7. The highest BCUT2D eigenvalue weighted by molar-refractivity contribution is 5.75. The molecule has 0 amide bonds. The third-order valence-electron chi connectivity index (χ3n) is 4.21. The van der Waals surface area contributed by atoms with E-state index in [1.807, 2.05) is 38.6 Å². The van der Waals surface area contributed by atoms with Crippen molar-refractivity contribution < 1.29 is 23.1 Å². The molecule has 0 aliphatic carbocycles. The lowest BCUT2D eigenvalue weighted by atomic mass is 10.1. The monoisotopic (exact) mass is 397 g/mol. The number of para-hydroxylation sites is 1. The van der Waals surface area contributed by atoms with E-state index < -0.39 is 12.1 Å². The number of rotatable bonds is 4. The maximum absolute atomic E-state index is 10.6. The minimum Gasteiger partial charge on any atom is -0.475 e. The van der Waals surface area contributed by atoms with Gasteiger partial charge in [0.05, 0.1) is 24.1 Å². The van der Waals surface area contributed by atoms with E-state index in [1.54, 1.807) is 0 Å². The molecule has 0 saturated carbocycles. The SMILES string of the molecule is CN(C)c1ccccc1-c1cnc(N(C)C2CNC2)cn1.O=C(O)C(F)(F)F. The summed E-state index contributed by atoms with van der Waals surface area (Å²) in [6.45, 7) is 2.03. The average molecular weight is 397 g/mol. The number of nitrogens with zero attached hydrogens (tertiary/aromatic N) is 4. The molecule has 0 spiro atoms. The molecule has 7 nitrogen and oxygen atoms in total. The van der Waals surface area contributed by atoms with Crippen LogP contribution in [0.3, 0.4) is 0 Å². The van der Waals surface area contributed by atoms with Crippen molar-refractivity contribution in [2.24, 2.45) is 0 Å². The molecule has 2 N–H and O–H groups in total. The summed E-state index contributed by atoms with van der Waals surface area (Å²) in [5, 5.41) is 10.4. The molecule has 0 radical (unpaired) electrons. The van der Waals surface area contributed by atoms with Crippen molar-refractivity contribution in [3.8, 4) is 11.3 Å². The number of carboxylic acid groups (broad SMARTS) is 1. The maximum Gasteiger partial charge on any atom is 0.490 e. The third kappa shape index (κ3) is 5.32. The van der Waals surface area contributed by atoms with E-state index in [9.17, 15) is 13.2 Å². The molecular formula is C18H22F3N5O2. The molecule has 1 saturated heterocycles. The van der Waals surface area contributed by atoms with Gasteiger partial charge >= 0.3 is 12.1 Å². The first-order chi connectivity index (χ1) is 13.1. The Morgan fingerprint density at radius 3 is 2.18 bits per heavy atom. The van der Waals surface area contributed by atoms with Crippen molar-refractivity contribution in [1.82, 2.24) is 15.3 Å². The Bertz CT molecular complexity index is 793. The number of likely N-dealkylation sites (N-methyl/N-ethyl adjacent to an activating group) is 1. The first-order valence-corrected chi connectivity index (χ1v) is 8.43. The van der Waals surface area contributed by atoms with E-state index in [0.29, 0.717) is 6.04 Å². The predicted molar refractivity (Wildman–Crippen MR) is 101 cm³/mol. The smallest absolute Gasteiger partial charge is 0.475 e. The fraction of sp³-hybridized carbons (Fsp3) is 0.389. The molecule has 0 unspecified atom stereocenters. The summed E-state index contributed by atoms with van der Waals surface area (Å²) in [6, 6.07) is 8.77. The quantitative estimate of drug-likeness (QED) is 0.819. The molecule has 2 heterocycles. The van der Waals surface area contributed by atoms with E-state index >= 15 is 0 Å². The van der Waals surface area contributed by atoms with E-state index in [-0.39, 0.29) is 0 Å². The summed E-state index contributed by atoms with van der Waals surface area (Å²) in [5.74, 6) is -1.83. The normalized spacial score (nSPS) is 13.8. The van der Waals surface area contributed by atoms with Crippen LogP contribution in [0, 0.1) is 0 Å². The van der Waals surface area contributed by atoms with Gasteiger partial charge in [0.2, 0.25) is 0 Å². The van der Waals surface area contributed by atoms with Gasteiger partial charge in [-0.25, -0.2) is 9.78 Å². The number of benzene rings is 1. The van der Waals surface area contributed by atoms with Gasteiger partial charge in [0, 0.05) is 45.5 Å². The van der Waals surface area contributed by atoms with Crippen LogP contribution in [0.5, 0.6) is 0 Å². The topological polar surface area (TPSA) is 81.6 Å². The van der Waals surface area contributed by atoms with Gasteiger partial charge < -0.3 is 20.2 Å². The van der Waals surface area contributed by atoms with Crippen molar-refractivity contribution >= 4 is 17.5 Å². The second-order valence-corrected chi connectivity index (χ2v) is 6.40. The molecule has 1 fully saturated rings. The van der Waals surface area contributed by atoms with Crippen LogP contribution in [-0.2, 0) is 4.79 Å². The van der Waals surface area contributed by atoms with E-state index in [4.69, 9.17) is 9.90 Å². The van der Waals surface area contributed by atoms with Gasteiger partial charge in [-0.3, -0.25) is 4.98 Å². The first kappa shape index (κ1) is 21.4. The number of halogens is 3. The molecule has 3 rings (SSSR count).